The van der Waals surface area contributed by atoms with E-state index in [0.29, 0.717) is 6.04 Å². The Kier molecular flexibility index (Phi) is 4.65. The van der Waals surface area contributed by atoms with Gasteiger partial charge in [0, 0.05) is 25.6 Å². The Morgan fingerprint density at radius 1 is 1.45 bits per heavy atom. The molecule has 1 aromatic heterocycles. The van der Waals surface area contributed by atoms with Crippen LogP contribution in [-0.4, -0.2) is 28.8 Å². The monoisotopic (exact) mass is 280 g/mol. The SMILES string of the molecule is COc1c(CNC2CCC(C(N)=O)CC2)c(C)nn1C. The number of ether oxygens (including phenoxy) is 1. The molecule has 1 aromatic rings. The molecule has 1 amide bonds. The number of aryl methyl sites for hydroxylation is 2. The first-order valence-electron chi connectivity index (χ1n) is 7.12. The largest absolute Gasteiger partial charge is 0.481 e. The number of rotatable bonds is 5. The van der Waals surface area contributed by atoms with Crippen LogP contribution in [0.15, 0.2) is 0 Å². The topological polar surface area (TPSA) is 82.2 Å². The molecule has 0 aliphatic heterocycles. The quantitative estimate of drug-likeness (QED) is 0.838. The summed E-state index contributed by atoms with van der Waals surface area (Å²) in [5, 5.41) is 7.91. The first-order chi connectivity index (χ1) is 9.52. The Hall–Kier alpha value is -1.56. The molecule has 0 saturated heterocycles. The van der Waals surface area contributed by atoms with Gasteiger partial charge in [0.2, 0.25) is 11.8 Å². The number of carbonyl (C=O) groups excluding carboxylic acids is 1. The molecule has 1 aliphatic carbocycles. The Labute approximate surface area is 119 Å². The summed E-state index contributed by atoms with van der Waals surface area (Å²) in [6.45, 7) is 2.73. The van der Waals surface area contributed by atoms with Crippen molar-refractivity contribution in [1.82, 2.24) is 15.1 Å². The summed E-state index contributed by atoms with van der Waals surface area (Å²) in [4.78, 5) is 11.1. The van der Waals surface area contributed by atoms with Crippen molar-refractivity contribution in [2.75, 3.05) is 7.11 Å². The van der Waals surface area contributed by atoms with Crippen molar-refractivity contribution in [2.24, 2.45) is 18.7 Å². The number of methoxy groups -OCH3 is 1. The highest BCUT2D eigenvalue weighted by molar-refractivity contribution is 5.76. The first kappa shape index (κ1) is 14.8. The number of carbonyl (C=O) groups is 1. The second-order valence-electron chi connectivity index (χ2n) is 5.53. The molecule has 1 saturated carbocycles. The third-order valence-corrected chi connectivity index (χ3v) is 4.18. The normalized spacial score (nSPS) is 22.8. The van der Waals surface area contributed by atoms with Gasteiger partial charge >= 0.3 is 0 Å². The van der Waals surface area contributed by atoms with Gasteiger partial charge in [-0.25, -0.2) is 4.68 Å². The zero-order valence-electron chi connectivity index (χ0n) is 12.5. The van der Waals surface area contributed by atoms with Crippen molar-refractivity contribution in [3.05, 3.63) is 11.3 Å². The van der Waals surface area contributed by atoms with Crippen LogP contribution in [0.4, 0.5) is 0 Å². The van der Waals surface area contributed by atoms with Crippen LogP contribution in [0.3, 0.4) is 0 Å². The van der Waals surface area contributed by atoms with E-state index < -0.39 is 0 Å². The molecule has 3 N–H and O–H groups in total. The highest BCUT2D eigenvalue weighted by Crippen LogP contribution is 2.25. The van der Waals surface area contributed by atoms with E-state index in [2.05, 4.69) is 10.4 Å². The smallest absolute Gasteiger partial charge is 0.220 e. The van der Waals surface area contributed by atoms with Gasteiger partial charge in [0.1, 0.15) is 0 Å². The number of nitrogens with two attached hydrogens (primary N) is 1. The lowest BCUT2D eigenvalue weighted by atomic mass is 9.85. The lowest BCUT2D eigenvalue weighted by molar-refractivity contribution is -0.122. The molecule has 2 rings (SSSR count). The van der Waals surface area contributed by atoms with E-state index in [-0.39, 0.29) is 11.8 Å². The summed E-state index contributed by atoms with van der Waals surface area (Å²) < 4.78 is 7.14. The molecular weight excluding hydrogens is 256 g/mol. The molecule has 6 heteroatoms. The lowest BCUT2D eigenvalue weighted by Crippen LogP contribution is -2.36. The highest BCUT2D eigenvalue weighted by Gasteiger charge is 2.25. The molecule has 0 radical (unpaired) electrons. The minimum atomic E-state index is -0.159. The van der Waals surface area contributed by atoms with E-state index >= 15 is 0 Å². The van der Waals surface area contributed by atoms with E-state index in [1.54, 1.807) is 11.8 Å². The van der Waals surface area contributed by atoms with Gasteiger partial charge < -0.3 is 15.8 Å². The van der Waals surface area contributed by atoms with Crippen LogP contribution in [0.2, 0.25) is 0 Å². The predicted molar refractivity (Wildman–Crippen MR) is 76.3 cm³/mol. The number of primary amides is 1. The number of hydrogen-bond donors (Lipinski definition) is 2. The van der Waals surface area contributed by atoms with Gasteiger partial charge in [0.15, 0.2) is 0 Å². The number of aromatic nitrogens is 2. The molecule has 0 aromatic carbocycles. The van der Waals surface area contributed by atoms with Gasteiger partial charge in [-0.1, -0.05) is 0 Å². The van der Waals surface area contributed by atoms with Gasteiger partial charge in [-0.2, -0.15) is 5.10 Å². The second kappa shape index (κ2) is 6.26. The van der Waals surface area contributed by atoms with Crippen molar-refractivity contribution in [1.29, 1.82) is 0 Å². The third kappa shape index (κ3) is 3.12. The zero-order chi connectivity index (χ0) is 14.7. The molecule has 1 heterocycles. The van der Waals surface area contributed by atoms with E-state index in [9.17, 15) is 4.79 Å². The Balaban J connectivity index is 1.89. The van der Waals surface area contributed by atoms with Crippen LogP contribution in [0.1, 0.15) is 36.9 Å². The first-order valence-corrected chi connectivity index (χ1v) is 7.12. The predicted octanol–water partition coefficient (Wildman–Crippen LogP) is 0.871. The minimum Gasteiger partial charge on any atom is -0.481 e. The number of nitrogens with one attached hydrogen (secondary N) is 1. The molecule has 0 spiro atoms. The van der Waals surface area contributed by atoms with Crippen LogP contribution in [0.25, 0.3) is 0 Å². The van der Waals surface area contributed by atoms with Crippen molar-refractivity contribution >= 4 is 5.91 Å². The van der Waals surface area contributed by atoms with Crippen molar-refractivity contribution in [3.63, 3.8) is 0 Å². The average molecular weight is 280 g/mol. The molecule has 1 fully saturated rings. The Morgan fingerprint density at radius 2 is 2.10 bits per heavy atom. The second-order valence-corrected chi connectivity index (χ2v) is 5.53. The van der Waals surface area contributed by atoms with Crippen LogP contribution >= 0.6 is 0 Å². The fourth-order valence-corrected chi connectivity index (χ4v) is 2.97. The summed E-state index contributed by atoms with van der Waals surface area (Å²) in [6, 6.07) is 0.440. The Bertz CT molecular complexity index is 476. The molecule has 1 aliphatic rings. The van der Waals surface area contributed by atoms with E-state index in [4.69, 9.17) is 10.5 Å². The Morgan fingerprint density at radius 3 is 2.65 bits per heavy atom. The number of amides is 1. The van der Waals surface area contributed by atoms with E-state index in [0.717, 1.165) is 49.4 Å². The molecule has 0 unspecified atom stereocenters. The van der Waals surface area contributed by atoms with Crippen molar-refractivity contribution in [3.8, 4) is 5.88 Å². The van der Waals surface area contributed by atoms with Crippen molar-refractivity contribution < 1.29 is 9.53 Å². The average Bonchev–Trinajstić information content (AvgIpc) is 2.70. The van der Waals surface area contributed by atoms with Crippen LogP contribution < -0.4 is 15.8 Å². The molecular formula is C14H24N4O2. The van der Waals surface area contributed by atoms with Gasteiger partial charge in [0.25, 0.3) is 0 Å². The van der Waals surface area contributed by atoms with Gasteiger partial charge in [0.05, 0.1) is 18.4 Å². The number of hydrogen-bond acceptors (Lipinski definition) is 4. The van der Waals surface area contributed by atoms with Crippen LogP contribution in [-0.2, 0) is 18.4 Å². The number of nitrogens with zero attached hydrogens (tertiary/aromatic N) is 2. The van der Waals surface area contributed by atoms with Crippen LogP contribution in [0.5, 0.6) is 5.88 Å². The summed E-state index contributed by atoms with van der Waals surface area (Å²) in [5.41, 5.74) is 7.44. The maximum absolute atomic E-state index is 11.1. The van der Waals surface area contributed by atoms with Crippen LogP contribution in [0, 0.1) is 12.8 Å². The molecule has 20 heavy (non-hydrogen) atoms. The maximum atomic E-state index is 11.1. The van der Waals surface area contributed by atoms with E-state index in [1.807, 2.05) is 14.0 Å². The van der Waals surface area contributed by atoms with Gasteiger partial charge in [-0.15, -0.1) is 0 Å². The molecule has 112 valence electrons. The fraction of sp³-hybridized carbons (Fsp3) is 0.714. The molecule has 6 nitrogen and oxygen atoms in total. The maximum Gasteiger partial charge on any atom is 0.220 e. The summed E-state index contributed by atoms with van der Waals surface area (Å²) in [6.07, 6.45) is 3.76. The van der Waals surface area contributed by atoms with Gasteiger partial charge in [-0.05, 0) is 32.6 Å². The molecule has 0 bridgehead atoms. The highest BCUT2D eigenvalue weighted by atomic mass is 16.5. The standard InChI is InChI=1S/C14H24N4O2/c1-9-12(14(20-3)18(2)17-9)8-16-11-6-4-10(5-7-11)13(15)19/h10-11,16H,4-8H2,1-3H3,(H2,15,19). The lowest BCUT2D eigenvalue weighted by Gasteiger charge is -2.27. The summed E-state index contributed by atoms with van der Waals surface area (Å²) in [7, 11) is 3.55. The van der Waals surface area contributed by atoms with Gasteiger partial charge in [-0.3, -0.25) is 4.79 Å². The summed E-state index contributed by atoms with van der Waals surface area (Å²) in [5.74, 6) is 0.705. The zero-order valence-corrected chi connectivity index (χ0v) is 12.5. The third-order valence-electron chi connectivity index (χ3n) is 4.18. The minimum absolute atomic E-state index is 0.0581. The summed E-state index contributed by atoms with van der Waals surface area (Å²) >= 11 is 0. The van der Waals surface area contributed by atoms with E-state index in [1.165, 1.54) is 0 Å². The molecule has 0 atom stereocenters. The fourth-order valence-electron chi connectivity index (χ4n) is 2.97. The van der Waals surface area contributed by atoms with Crippen molar-refractivity contribution in [2.45, 2.75) is 45.2 Å².